The lowest BCUT2D eigenvalue weighted by Gasteiger charge is -2.55. The maximum Gasteiger partial charge on any atom is 0.0615 e. The van der Waals surface area contributed by atoms with Gasteiger partial charge in [-0.15, -0.1) is 0 Å². The summed E-state index contributed by atoms with van der Waals surface area (Å²) in [6, 6.07) is 0. The van der Waals surface area contributed by atoms with Crippen LogP contribution in [-0.2, 0) is 9.57 Å². The Bertz CT molecular complexity index is 424. The second kappa shape index (κ2) is 6.20. The van der Waals surface area contributed by atoms with Gasteiger partial charge in [0.05, 0.1) is 19.3 Å². The molecule has 0 saturated carbocycles. The van der Waals surface area contributed by atoms with Crippen molar-refractivity contribution in [2.24, 2.45) is 0 Å². The van der Waals surface area contributed by atoms with E-state index in [0.29, 0.717) is 0 Å². The normalized spacial score (nSPS) is 31.2. The number of ether oxygens (including phenoxy) is 1. The monoisotopic (exact) mass is 342 g/mol. The Hall–Kier alpha value is -0.200. The van der Waals surface area contributed by atoms with Crippen LogP contribution in [0.5, 0.6) is 0 Å². The molecular formula is C19H38N2O3. The van der Waals surface area contributed by atoms with Crippen molar-refractivity contribution in [2.75, 3.05) is 7.11 Å². The van der Waals surface area contributed by atoms with Crippen LogP contribution in [0.3, 0.4) is 0 Å². The molecule has 142 valence electrons. The largest absolute Gasteiger partial charge is 0.375 e. The van der Waals surface area contributed by atoms with Gasteiger partial charge in [0, 0.05) is 22.2 Å². The molecule has 24 heavy (non-hydrogen) atoms. The zero-order valence-electron chi connectivity index (χ0n) is 17.1. The SMILES string of the molecule is CON1C(C)(C)CC(OC2CC(C)(C)N(O)C(C)(C)C2)CC1(C)C. The molecule has 0 amide bonds. The number of hydrogen-bond donors (Lipinski definition) is 1. The molecule has 2 fully saturated rings. The summed E-state index contributed by atoms with van der Waals surface area (Å²) in [5.74, 6) is 0. The van der Waals surface area contributed by atoms with Crippen molar-refractivity contribution in [1.82, 2.24) is 10.1 Å². The van der Waals surface area contributed by atoms with Crippen LogP contribution in [0.2, 0.25) is 0 Å². The maximum atomic E-state index is 10.5. The van der Waals surface area contributed by atoms with E-state index in [9.17, 15) is 5.21 Å². The van der Waals surface area contributed by atoms with Gasteiger partial charge >= 0.3 is 0 Å². The Morgan fingerprint density at radius 3 is 1.38 bits per heavy atom. The van der Waals surface area contributed by atoms with Crippen LogP contribution in [0.4, 0.5) is 0 Å². The maximum absolute atomic E-state index is 10.5. The van der Waals surface area contributed by atoms with Gasteiger partial charge in [0.15, 0.2) is 0 Å². The van der Waals surface area contributed by atoms with E-state index in [4.69, 9.17) is 9.57 Å². The lowest BCUT2D eigenvalue weighted by Crippen LogP contribution is -2.63. The number of hydroxylamine groups is 4. The second-order valence-electron chi connectivity index (χ2n) is 10.2. The summed E-state index contributed by atoms with van der Waals surface area (Å²) in [6.45, 7) is 17.2. The minimum Gasteiger partial charge on any atom is -0.375 e. The number of piperidine rings is 2. The van der Waals surface area contributed by atoms with Crippen LogP contribution < -0.4 is 0 Å². The van der Waals surface area contributed by atoms with Crippen molar-refractivity contribution >= 4 is 0 Å². The summed E-state index contributed by atoms with van der Waals surface area (Å²) in [4.78, 5) is 5.68. The molecule has 0 unspecified atom stereocenters. The first-order valence-corrected chi connectivity index (χ1v) is 9.20. The number of hydrogen-bond acceptors (Lipinski definition) is 5. The summed E-state index contributed by atoms with van der Waals surface area (Å²) >= 11 is 0. The van der Waals surface area contributed by atoms with E-state index in [-0.39, 0.29) is 34.4 Å². The average Bonchev–Trinajstić information content (AvgIpc) is 2.32. The fraction of sp³-hybridized carbons (Fsp3) is 1.00. The highest BCUT2D eigenvalue weighted by Crippen LogP contribution is 2.43. The van der Waals surface area contributed by atoms with E-state index >= 15 is 0 Å². The molecule has 2 aliphatic rings. The molecule has 2 rings (SSSR count). The van der Waals surface area contributed by atoms with Gasteiger partial charge in [0.25, 0.3) is 0 Å². The van der Waals surface area contributed by atoms with Crippen molar-refractivity contribution in [3.63, 3.8) is 0 Å². The van der Waals surface area contributed by atoms with Crippen LogP contribution >= 0.6 is 0 Å². The van der Waals surface area contributed by atoms with Crippen LogP contribution in [0.15, 0.2) is 0 Å². The quantitative estimate of drug-likeness (QED) is 0.840. The van der Waals surface area contributed by atoms with Gasteiger partial charge in [0.2, 0.25) is 0 Å². The first-order chi connectivity index (χ1) is 10.7. The molecule has 0 spiro atoms. The topological polar surface area (TPSA) is 45.2 Å². The summed E-state index contributed by atoms with van der Waals surface area (Å²) < 4.78 is 6.60. The minimum absolute atomic E-state index is 0.0656. The van der Waals surface area contributed by atoms with Crippen LogP contribution in [0.25, 0.3) is 0 Å². The van der Waals surface area contributed by atoms with Gasteiger partial charge in [-0.25, -0.2) is 0 Å². The minimum atomic E-state index is -0.273. The van der Waals surface area contributed by atoms with Crippen molar-refractivity contribution < 1.29 is 14.8 Å². The predicted octanol–water partition coefficient (Wildman–Crippen LogP) is 4.00. The summed E-state index contributed by atoms with van der Waals surface area (Å²) in [7, 11) is 1.76. The van der Waals surface area contributed by atoms with E-state index in [1.807, 2.05) is 0 Å². The van der Waals surface area contributed by atoms with Gasteiger partial charge in [-0.05, 0) is 81.1 Å². The van der Waals surface area contributed by atoms with Crippen molar-refractivity contribution in [3.05, 3.63) is 0 Å². The van der Waals surface area contributed by atoms with Crippen LogP contribution in [-0.4, -0.2) is 56.8 Å². The fourth-order valence-electron chi connectivity index (χ4n) is 5.31. The Kier molecular flexibility index (Phi) is 5.20. The fourth-order valence-corrected chi connectivity index (χ4v) is 5.31. The number of rotatable bonds is 3. The zero-order valence-corrected chi connectivity index (χ0v) is 17.1. The molecule has 0 atom stereocenters. The predicted molar refractivity (Wildman–Crippen MR) is 95.9 cm³/mol. The first-order valence-electron chi connectivity index (χ1n) is 9.20. The molecule has 2 saturated heterocycles. The van der Waals surface area contributed by atoms with E-state index in [2.05, 4.69) is 60.5 Å². The molecule has 0 aromatic rings. The van der Waals surface area contributed by atoms with Crippen molar-refractivity contribution in [1.29, 1.82) is 0 Å². The van der Waals surface area contributed by atoms with E-state index < -0.39 is 0 Å². The van der Waals surface area contributed by atoms with E-state index in [1.54, 1.807) is 7.11 Å². The second-order valence-corrected chi connectivity index (χ2v) is 10.2. The highest BCUT2D eigenvalue weighted by atomic mass is 16.7. The molecule has 0 aromatic carbocycles. The molecule has 0 aliphatic carbocycles. The highest BCUT2D eigenvalue weighted by molar-refractivity contribution is 5.00. The summed E-state index contributed by atoms with van der Waals surface area (Å²) in [6.07, 6.45) is 3.97. The van der Waals surface area contributed by atoms with Crippen molar-refractivity contribution in [3.8, 4) is 0 Å². The Morgan fingerprint density at radius 1 is 0.708 bits per heavy atom. The number of nitrogens with zero attached hydrogens (tertiary/aromatic N) is 2. The zero-order chi connectivity index (χ0) is 18.6. The highest BCUT2D eigenvalue weighted by Gasteiger charge is 2.49. The lowest BCUT2D eigenvalue weighted by molar-refractivity contribution is -0.294. The lowest BCUT2D eigenvalue weighted by atomic mass is 9.78. The molecule has 2 aliphatic heterocycles. The third kappa shape index (κ3) is 3.80. The molecule has 2 heterocycles. The average molecular weight is 343 g/mol. The van der Waals surface area contributed by atoms with Crippen LogP contribution in [0, 0.1) is 0 Å². The first kappa shape index (κ1) is 20.1. The molecule has 5 nitrogen and oxygen atoms in total. The molecule has 1 N–H and O–H groups in total. The van der Waals surface area contributed by atoms with Gasteiger partial charge in [0.1, 0.15) is 0 Å². The Labute approximate surface area is 148 Å². The third-order valence-corrected chi connectivity index (χ3v) is 5.72. The molecule has 0 bridgehead atoms. The Balaban J connectivity index is 2.12. The van der Waals surface area contributed by atoms with Gasteiger partial charge in [-0.3, -0.25) is 0 Å². The standard InChI is InChI=1S/C19H38N2O3/c1-16(2)10-14(11-17(3,4)20(16)22)24-15-12-18(5,6)21(23-9)19(7,8)13-15/h14-15,22H,10-13H2,1-9H3. The van der Waals surface area contributed by atoms with Crippen LogP contribution in [0.1, 0.15) is 81.1 Å². The molecule has 0 radical (unpaired) electrons. The van der Waals surface area contributed by atoms with Gasteiger partial charge in [-0.2, -0.15) is 10.1 Å². The molecule has 5 heteroatoms. The van der Waals surface area contributed by atoms with Gasteiger partial charge in [-0.1, -0.05) is 0 Å². The Morgan fingerprint density at radius 2 is 1.04 bits per heavy atom. The smallest absolute Gasteiger partial charge is 0.0615 e. The summed E-state index contributed by atoms with van der Waals surface area (Å²) in [5, 5.41) is 14.1. The molecule has 0 aromatic heterocycles. The van der Waals surface area contributed by atoms with Crippen molar-refractivity contribution in [2.45, 2.75) is 115 Å². The van der Waals surface area contributed by atoms with E-state index in [1.165, 1.54) is 5.06 Å². The van der Waals surface area contributed by atoms with Gasteiger partial charge < -0.3 is 14.8 Å². The molecular weight excluding hydrogens is 304 g/mol. The summed E-state index contributed by atoms with van der Waals surface area (Å²) in [5.41, 5.74) is -0.677. The third-order valence-electron chi connectivity index (χ3n) is 5.72. The van der Waals surface area contributed by atoms with E-state index in [0.717, 1.165) is 25.7 Å².